The van der Waals surface area contributed by atoms with Crippen molar-refractivity contribution in [3.05, 3.63) is 46.5 Å². The van der Waals surface area contributed by atoms with Gasteiger partial charge in [0.25, 0.3) is 11.5 Å². The zero-order valence-electron chi connectivity index (χ0n) is 17.1. The van der Waals surface area contributed by atoms with Crippen LogP contribution in [0.5, 0.6) is 0 Å². The second-order valence-electron chi connectivity index (χ2n) is 8.21. The number of piperidine rings is 1. The van der Waals surface area contributed by atoms with Gasteiger partial charge in [-0.2, -0.15) is 0 Å². The van der Waals surface area contributed by atoms with E-state index in [1.54, 1.807) is 6.92 Å². The van der Waals surface area contributed by atoms with Crippen molar-refractivity contribution in [2.24, 2.45) is 0 Å². The van der Waals surface area contributed by atoms with Crippen molar-refractivity contribution in [2.75, 3.05) is 24.6 Å². The van der Waals surface area contributed by atoms with E-state index in [4.69, 9.17) is 4.74 Å². The van der Waals surface area contributed by atoms with Crippen LogP contribution < -0.4 is 15.8 Å². The average Bonchev–Trinajstić information content (AvgIpc) is 2.73. The SMILES string of the molecule is Cc1ncc(C(=O)N[C@@]2(C)CCOC3(CCN(c4cc(=O)[nH]cn4)CC3)[C@@H]2O)cn1. The van der Waals surface area contributed by atoms with E-state index in [1.807, 2.05) is 11.8 Å². The minimum Gasteiger partial charge on any atom is -0.388 e. The number of aliphatic hydroxyl groups excluding tert-OH is 1. The van der Waals surface area contributed by atoms with Gasteiger partial charge in [-0.25, -0.2) is 15.0 Å². The number of nitrogens with one attached hydrogen (secondary N) is 2. The molecule has 2 aliphatic heterocycles. The highest BCUT2D eigenvalue weighted by atomic mass is 16.5. The third kappa shape index (κ3) is 3.80. The molecule has 30 heavy (non-hydrogen) atoms. The number of rotatable bonds is 3. The highest BCUT2D eigenvalue weighted by Gasteiger charge is 2.54. The van der Waals surface area contributed by atoms with Crippen LogP contribution >= 0.6 is 0 Å². The lowest BCUT2D eigenvalue weighted by molar-refractivity contribution is -0.195. The summed E-state index contributed by atoms with van der Waals surface area (Å²) >= 11 is 0. The van der Waals surface area contributed by atoms with Crippen molar-refractivity contribution in [1.82, 2.24) is 25.3 Å². The monoisotopic (exact) mass is 414 g/mol. The third-order valence-electron chi connectivity index (χ3n) is 6.15. The Hall–Kier alpha value is -2.85. The molecule has 2 fully saturated rings. The zero-order valence-corrected chi connectivity index (χ0v) is 17.1. The molecule has 3 N–H and O–H groups in total. The Morgan fingerprint density at radius 2 is 1.97 bits per heavy atom. The van der Waals surface area contributed by atoms with E-state index in [1.165, 1.54) is 24.8 Å². The molecular weight excluding hydrogens is 388 g/mol. The molecule has 0 saturated carbocycles. The van der Waals surface area contributed by atoms with Gasteiger partial charge in [0.15, 0.2) is 0 Å². The molecule has 10 heteroatoms. The molecule has 0 unspecified atom stereocenters. The van der Waals surface area contributed by atoms with E-state index >= 15 is 0 Å². The van der Waals surface area contributed by atoms with Gasteiger partial charge in [-0.15, -0.1) is 0 Å². The molecule has 4 rings (SSSR count). The molecule has 0 bridgehead atoms. The summed E-state index contributed by atoms with van der Waals surface area (Å²) in [5, 5.41) is 14.3. The molecule has 1 amide bonds. The van der Waals surface area contributed by atoms with Gasteiger partial charge in [0.05, 0.1) is 23.0 Å². The van der Waals surface area contributed by atoms with Gasteiger partial charge in [-0.1, -0.05) is 0 Å². The molecule has 10 nitrogen and oxygen atoms in total. The maximum absolute atomic E-state index is 12.7. The number of hydrogen-bond donors (Lipinski definition) is 3. The lowest BCUT2D eigenvalue weighted by Gasteiger charge is -2.53. The molecule has 160 valence electrons. The van der Waals surface area contributed by atoms with E-state index in [-0.39, 0.29) is 11.5 Å². The third-order valence-corrected chi connectivity index (χ3v) is 6.15. The van der Waals surface area contributed by atoms with Crippen molar-refractivity contribution in [3.63, 3.8) is 0 Å². The van der Waals surface area contributed by atoms with Gasteiger partial charge in [0, 0.05) is 38.2 Å². The van der Waals surface area contributed by atoms with E-state index in [0.29, 0.717) is 56.2 Å². The molecule has 4 heterocycles. The molecule has 2 atom stereocenters. The lowest BCUT2D eigenvalue weighted by Crippen LogP contribution is -2.69. The summed E-state index contributed by atoms with van der Waals surface area (Å²) in [5.41, 5.74) is -1.46. The molecule has 2 aliphatic rings. The van der Waals surface area contributed by atoms with E-state index in [9.17, 15) is 14.7 Å². The second-order valence-corrected chi connectivity index (χ2v) is 8.21. The normalized spacial score (nSPS) is 25.8. The number of aliphatic hydroxyl groups is 1. The molecule has 2 aromatic heterocycles. The number of aryl methyl sites for hydroxylation is 1. The molecule has 2 aromatic rings. The van der Waals surface area contributed by atoms with E-state index in [2.05, 4.69) is 25.3 Å². The number of nitrogens with zero attached hydrogens (tertiary/aromatic N) is 4. The number of amides is 1. The summed E-state index contributed by atoms with van der Waals surface area (Å²) in [6.45, 7) is 5.20. The van der Waals surface area contributed by atoms with Gasteiger partial charge in [0.2, 0.25) is 0 Å². The second kappa shape index (κ2) is 7.77. The van der Waals surface area contributed by atoms with Crippen LogP contribution in [0.15, 0.2) is 29.6 Å². The number of H-pyrrole nitrogens is 1. The minimum atomic E-state index is -0.886. The Labute approximate surface area is 173 Å². The number of hydrogen-bond acceptors (Lipinski definition) is 8. The zero-order chi connectivity index (χ0) is 21.4. The first-order chi connectivity index (χ1) is 14.3. The Balaban J connectivity index is 1.47. The highest BCUT2D eigenvalue weighted by Crippen LogP contribution is 2.40. The summed E-state index contributed by atoms with van der Waals surface area (Å²) in [7, 11) is 0. The predicted molar refractivity (Wildman–Crippen MR) is 108 cm³/mol. The van der Waals surface area contributed by atoms with Crippen LogP contribution in [0.3, 0.4) is 0 Å². The van der Waals surface area contributed by atoms with Gasteiger partial charge >= 0.3 is 0 Å². The fourth-order valence-electron chi connectivity index (χ4n) is 4.30. The Kier molecular flexibility index (Phi) is 5.29. The molecule has 2 saturated heterocycles. The quantitative estimate of drug-likeness (QED) is 0.648. The van der Waals surface area contributed by atoms with E-state index in [0.717, 1.165) is 0 Å². The Morgan fingerprint density at radius 1 is 1.27 bits per heavy atom. The largest absolute Gasteiger partial charge is 0.388 e. The summed E-state index contributed by atoms with van der Waals surface area (Å²) in [6, 6.07) is 1.46. The number of ether oxygens (including phenoxy) is 1. The average molecular weight is 414 g/mol. The predicted octanol–water partition coefficient (Wildman–Crippen LogP) is 0.177. The first kappa shape index (κ1) is 20.4. The summed E-state index contributed by atoms with van der Waals surface area (Å²) < 4.78 is 6.08. The van der Waals surface area contributed by atoms with Crippen LogP contribution in [0.4, 0.5) is 5.82 Å². The van der Waals surface area contributed by atoms with Crippen molar-refractivity contribution in [1.29, 1.82) is 0 Å². The van der Waals surface area contributed by atoms with Crippen LogP contribution in [0.2, 0.25) is 0 Å². The number of aromatic nitrogens is 4. The number of carbonyl (C=O) groups is 1. The summed E-state index contributed by atoms with van der Waals surface area (Å²) in [6.07, 6.45) is 5.07. The number of anilines is 1. The van der Waals surface area contributed by atoms with Crippen LogP contribution in [0.25, 0.3) is 0 Å². The molecule has 0 aromatic carbocycles. The number of aromatic amines is 1. The van der Waals surface area contributed by atoms with Crippen LogP contribution in [0, 0.1) is 6.92 Å². The van der Waals surface area contributed by atoms with Crippen molar-refractivity contribution in [2.45, 2.75) is 50.4 Å². The fourth-order valence-corrected chi connectivity index (χ4v) is 4.30. The van der Waals surface area contributed by atoms with E-state index < -0.39 is 17.2 Å². The lowest BCUT2D eigenvalue weighted by atomic mass is 9.73. The van der Waals surface area contributed by atoms with Crippen molar-refractivity contribution >= 4 is 11.7 Å². The molecule has 0 radical (unpaired) electrons. The first-order valence-corrected chi connectivity index (χ1v) is 10.0. The van der Waals surface area contributed by atoms with Crippen LogP contribution in [-0.2, 0) is 4.74 Å². The fraction of sp³-hybridized carbons (Fsp3) is 0.550. The Bertz CT molecular complexity index is 970. The number of carbonyl (C=O) groups excluding carboxylic acids is 1. The van der Waals surface area contributed by atoms with Crippen molar-refractivity contribution < 1.29 is 14.6 Å². The topological polar surface area (TPSA) is 133 Å². The van der Waals surface area contributed by atoms with Gasteiger partial charge in [0.1, 0.15) is 17.7 Å². The molecular formula is C20H26N6O4. The van der Waals surface area contributed by atoms with Gasteiger partial charge in [-0.05, 0) is 33.1 Å². The highest BCUT2D eigenvalue weighted by molar-refractivity contribution is 5.94. The summed E-state index contributed by atoms with van der Waals surface area (Å²) in [5.74, 6) is 0.873. The van der Waals surface area contributed by atoms with Crippen LogP contribution in [-0.4, -0.2) is 67.9 Å². The van der Waals surface area contributed by atoms with Crippen LogP contribution in [0.1, 0.15) is 42.4 Å². The first-order valence-electron chi connectivity index (χ1n) is 10.0. The maximum Gasteiger partial charge on any atom is 0.254 e. The Morgan fingerprint density at radius 3 is 2.63 bits per heavy atom. The summed E-state index contributed by atoms with van der Waals surface area (Å²) in [4.78, 5) is 41.2. The maximum atomic E-state index is 12.7. The molecule has 0 aliphatic carbocycles. The standard InChI is InChI=1S/C20H26N6O4/c1-13-21-10-14(11-22-13)17(28)25-19(2)5-8-30-20(18(19)29)3-6-26(7-4-20)15-9-16(27)24-12-23-15/h9-12,18,29H,3-8H2,1-2H3,(H,25,28)(H,23,24,27)/t18-,19+/m1/s1. The van der Waals surface area contributed by atoms with Gasteiger partial charge < -0.3 is 25.0 Å². The van der Waals surface area contributed by atoms with Gasteiger partial charge in [-0.3, -0.25) is 9.59 Å². The molecule has 1 spiro atoms. The minimum absolute atomic E-state index is 0.204. The van der Waals surface area contributed by atoms with Crippen molar-refractivity contribution in [3.8, 4) is 0 Å². The smallest absolute Gasteiger partial charge is 0.254 e.